The van der Waals surface area contributed by atoms with Crippen molar-refractivity contribution in [3.63, 3.8) is 0 Å². The van der Waals surface area contributed by atoms with Gasteiger partial charge in [-0.05, 0) is 50.3 Å². The lowest BCUT2D eigenvalue weighted by Crippen LogP contribution is -2.25. The molecule has 84 valence electrons. The van der Waals surface area contributed by atoms with Gasteiger partial charge in [-0.15, -0.1) is 0 Å². The van der Waals surface area contributed by atoms with Crippen LogP contribution >= 0.6 is 11.8 Å². The van der Waals surface area contributed by atoms with E-state index in [1.807, 2.05) is 18.7 Å². The largest absolute Gasteiger partial charge is 0.393 e. The number of rotatable bonds is 6. The molecule has 0 bridgehead atoms. The van der Waals surface area contributed by atoms with Gasteiger partial charge in [-0.2, -0.15) is 11.8 Å². The SMILES string of the molecule is CCSCCCN1CCC(C(C)O)C1. The molecule has 0 radical (unpaired) electrons. The predicted octanol–water partition coefficient (Wildman–Crippen LogP) is 1.83. The minimum absolute atomic E-state index is 0.120. The number of thioether (sulfide) groups is 1. The van der Waals surface area contributed by atoms with Crippen molar-refractivity contribution in [3.8, 4) is 0 Å². The first kappa shape index (κ1) is 12.3. The second kappa shape index (κ2) is 6.70. The lowest BCUT2D eigenvalue weighted by atomic mass is 10.0. The maximum Gasteiger partial charge on any atom is 0.0552 e. The molecule has 1 heterocycles. The molecule has 1 aliphatic heterocycles. The van der Waals surface area contributed by atoms with Crippen molar-refractivity contribution >= 4 is 11.8 Å². The second-order valence-corrected chi connectivity index (χ2v) is 5.53. The maximum absolute atomic E-state index is 9.45. The zero-order valence-electron chi connectivity index (χ0n) is 9.41. The molecule has 0 aromatic carbocycles. The molecular formula is C11H23NOS. The van der Waals surface area contributed by atoms with Crippen LogP contribution in [0.1, 0.15) is 26.7 Å². The van der Waals surface area contributed by atoms with Gasteiger partial charge in [-0.25, -0.2) is 0 Å². The lowest BCUT2D eigenvalue weighted by molar-refractivity contribution is 0.128. The number of aliphatic hydroxyl groups is 1. The van der Waals surface area contributed by atoms with Crippen LogP contribution in [0.15, 0.2) is 0 Å². The van der Waals surface area contributed by atoms with Crippen molar-refractivity contribution in [3.05, 3.63) is 0 Å². The highest BCUT2D eigenvalue weighted by Crippen LogP contribution is 2.19. The molecule has 1 rings (SSSR count). The number of hydrogen-bond donors (Lipinski definition) is 1. The normalized spacial score (nSPS) is 25.5. The van der Waals surface area contributed by atoms with Gasteiger partial charge in [-0.3, -0.25) is 0 Å². The molecule has 2 unspecified atom stereocenters. The van der Waals surface area contributed by atoms with Crippen LogP contribution in [0.5, 0.6) is 0 Å². The van der Waals surface area contributed by atoms with Crippen LogP contribution in [0.4, 0.5) is 0 Å². The summed E-state index contributed by atoms with van der Waals surface area (Å²) >= 11 is 2.02. The first-order chi connectivity index (χ1) is 6.74. The molecule has 0 aromatic heterocycles. The van der Waals surface area contributed by atoms with Gasteiger partial charge in [0.2, 0.25) is 0 Å². The summed E-state index contributed by atoms with van der Waals surface area (Å²) in [6, 6.07) is 0. The van der Waals surface area contributed by atoms with E-state index in [2.05, 4.69) is 11.8 Å². The Morgan fingerprint density at radius 3 is 2.93 bits per heavy atom. The number of likely N-dealkylation sites (tertiary alicyclic amines) is 1. The molecule has 0 aromatic rings. The smallest absolute Gasteiger partial charge is 0.0552 e. The van der Waals surface area contributed by atoms with Crippen molar-refractivity contribution in [2.45, 2.75) is 32.8 Å². The number of nitrogens with zero attached hydrogens (tertiary/aromatic N) is 1. The fraction of sp³-hybridized carbons (Fsp3) is 1.00. The minimum Gasteiger partial charge on any atom is -0.393 e. The highest BCUT2D eigenvalue weighted by molar-refractivity contribution is 7.99. The van der Waals surface area contributed by atoms with Crippen LogP contribution in [0.3, 0.4) is 0 Å². The molecule has 1 saturated heterocycles. The summed E-state index contributed by atoms with van der Waals surface area (Å²) in [5.41, 5.74) is 0. The van der Waals surface area contributed by atoms with E-state index in [4.69, 9.17) is 0 Å². The summed E-state index contributed by atoms with van der Waals surface area (Å²) in [4.78, 5) is 2.49. The van der Waals surface area contributed by atoms with Crippen molar-refractivity contribution < 1.29 is 5.11 Å². The van der Waals surface area contributed by atoms with E-state index in [0.29, 0.717) is 5.92 Å². The predicted molar refractivity (Wildman–Crippen MR) is 63.8 cm³/mol. The van der Waals surface area contributed by atoms with Crippen molar-refractivity contribution in [1.82, 2.24) is 4.90 Å². The van der Waals surface area contributed by atoms with Gasteiger partial charge in [0, 0.05) is 6.54 Å². The van der Waals surface area contributed by atoms with E-state index >= 15 is 0 Å². The Morgan fingerprint density at radius 1 is 1.57 bits per heavy atom. The molecule has 1 fully saturated rings. The van der Waals surface area contributed by atoms with Crippen LogP contribution in [0, 0.1) is 5.92 Å². The first-order valence-corrected chi connectivity index (χ1v) is 6.87. The monoisotopic (exact) mass is 217 g/mol. The van der Waals surface area contributed by atoms with Crippen LogP contribution in [-0.2, 0) is 0 Å². The molecule has 2 nitrogen and oxygen atoms in total. The highest BCUT2D eigenvalue weighted by atomic mass is 32.2. The lowest BCUT2D eigenvalue weighted by Gasteiger charge is -2.16. The third kappa shape index (κ3) is 4.20. The summed E-state index contributed by atoms with van der Waals surface area (Å²) in [5.74, 6) is 3.04. The quantitative estimate of drug-likeness (QED) is 0.687. The zero-order chi connectivity index (χ0) is 10.4. The maximum atomic E-state index is 9.45. The number of hydrogen-bond acceptors (Lipinski definition) is 3. The zero-order valence-corrected chi connectivity index (χ0v) is 10.2. The molecule has 1 N–H and O–H groups in total. The molecule has 2 atom stereocenters. The molecule has 0 spiro atoms. The van der Waals surface area contributed by atoms with Gasteiger partial charge in [0.25, 0.3) is 0 Å². The van der Waals surface area contributed by atoms with Crippen LogP contribution in [-0.4, -0.2) is 47.3 Å². The van der Waals surface area contributed by atoms with Gasteiger partial charge in [0.05, 0.1) is 6.10 Å². The number of aliphatic hydroxyl groups excluding tert-OH is 1. The van der Waals surface area contributed by atoms with E-state index in [0.717, 1.165) is 6.54 Å². The molecule has 14 heavy (non-hydrogen) atoms. The summed E-state index contributed by atoms with van der Waals surface area (Å²) in [7, 11) is 0. The fourth-order valence-electron chi connectivity index (χ4n) is 1.99. The van der Waals surface area contributed by atoms with E-state index in [-0.39, 0.29) is 6.10 Å². The summed E-state index contributed by atoms with van der Waals surface area (Å²) in [6.07, 6.45) is 2.36. The first-order valence-electron chi connectivity index (χ1n) is 5.72. The molecule has 0 amide bonds. The van der Waals surface area contributed by atoms with E-state index in [9.17, 15) is 5.11 Å². The Kier molecular flexibility index (Phi) is 5.90. The van der Waals surface area contributed by atoms with Gasteiger partial charge >= 0.3 is 0 Å². The Bertz CT molecular complexity index is 152. The Balaban J connectivity index is 2.04. The summed E-state index contributed by atoms with van der Waals surface area (Å²) in [5, 5.41) is 9.45. The molecule has 0 aliphatic carbocycles. The van der Waals surface area contributed by atoms with Gasteiger partial charge in [0.1, 0.15) is 0 Å². The van der Waals surface area contributed by atoms with Crippen molar-refractivity contribution in [2.24, 2.45) is 5.92 Å². The molecule has 1 aliphatic rings. The summed E-state index contributed by atoms with van der Waals surface area (Å²) in [6.45, 7) is 7.64. The van der Waals surface area contributed by atoms with E-state index < -0.39 is 0 Å². The topological polar surface area (TPSA) is 23.5 Å². The molecular weight excluding hydrogens is 194 g/mol. The Labute approximate surface area is 92.1 Å². The van der Waals surface area contributed by atoms with E-state index in [1.165, 1.54) is 37.4 Å². The van der Waals surface area contributed by atoms with Gasteiger partial charge < -0.3 is 10.0 Å². The second-order valence-electron chi connectivity index (χ2n) is 4.14. The standard InChI is InChI=1S/C11H23NOS/c1-3-14-8-4-6-12-7-5-11(9-12)10(2)13/h10-11,13H,3-9H2,1-2H3. The Hall–Kier alpha value is 0.270. The minimum atomic E-state index is -0.120. The van der Waals surface area contributed by atoms with Crippen LogP contribution < -0.4 is 0 Å². The third-order valence-corrected chi connectivity index (χ3v) is 3.94. The van der Waals surface area contributed by atoms with Crippen LogP contribution in [0.25, 0.3) is 0 Å². The van der Waals surface area contributed by atoms with E-state index in [1.54, 1.807) is 0 Å². The third-order valence-electron chi connectivity index (χ3n) is 2.96. The summed E-state index contributed by atoms with van der Waals surface area (Å²) < 4.78 is 0. The average molecular weight is 217 g/mol. The average Bonchev–Trinajstić information content (AvgIpc) is 2.61. The van der Waals surface area contributed by atoms with Crippen LogP contribution in [0.2, 0.25) is 0 Å². The molecule has 0 saturated carbocycles. The fourth-order valence-corrected chi connectivity index (χ4v) is 2.62. The van der Waals surface area contributed by atoms with Gasteiger partial charge in [0.15, 0.2) is 0 Å². The highest BCUT2D eigenvalue weighted by Gasteiger charge is 2.25. The van der Waals surface area contributed by atoms with Gasteiger partial charge in [-0.1, -0.05) is 6.92 Å². The Morgan fingerprint density at radius 2 is 2.36 bits per heavy atom. The van der Waals surface area contributed by atoms with Crippen molar-refractivity contribution in [1.29, 1.82) is 0 Å². The molecule has 3 heteroatoms. The van der Waals surface area contributed by atoms with Crippen molar-refractivity contribution in [2.75, 3.05) is 31.1 Å².